The molecular weight excluding hydrogens is 534 g/mol. The second kappa shape index (κ2) is 12.2. The number of halogens is 6. The van der Waals surface area contributed by atoms with Gasteiger partial charge in [-0.3, -0.25) is 0 Å². The Morgan fingerprint density at radius 2 is 1.48 bits per heavy atom. The molecule has 12 heteroatoms. The second-order valence-electron chi connectivity index (χ2n) is 9.70. The Hall–Kier alpha value is -3.70. The number of aromatic nitrogens is 2. The van der Waals surface area contributed by atoms with Crippen LogP contribution in [0.1, 0.15) is 56.4 Å². The van der Waals surface area contributed by atoms with Gasteiger partial charge in [-0.2, -0.15) is 31.3 Å². The fourth-order valence-electron chi connectivity index (χ4n) is 4.69. The molecule has 1 aliphatic heterocycles. The van der Waals surface area contributed by atoms with Crippen molar-refractivity contribution in [1.29, 1.82) is 0 Å². The van der Waals surface area contributed by atoms with Crippen molar-refractivity contribution in [2.24, 2.45) is 0 Å². The van der Waals surface area contributed by atoms with E-state index >= 15 is 0 Å². The van der Waals surface area contributed by atoms with Crippen molar-refractivity contribution in [3.63, 3.8) is 0 Å². The highest BCUT2D eigenvalue weighted by molar-refractivity contribution is 5.72. The zero-order valence-electron chi connectivity index (χ0n) is 22.3. The fourth-order valence-corrected chi connectivity index (χ4v) is 4.69. The summed E-state index contributed by atoms with van der Waals surface area (Å²) in [5.74, 6) is 0.775. The van der Waals surface area contributed by atoms with Crippen LogP contribution in [-0.4, -0.2) is 29.2 Å². The first-order valence-corrected chi connectivity index (χ1v) is 13.3. The Balaban J connectivity index is 1.68. The number of hydrogen-bond donors (Lipinski definition) is 3. The molecule has 0 radical (unpaired) electrons. The number of anilines is 5. The highest BCUT2D eigenvalue weighted by Crippen LogP contribution is 2.36. The summed E-state index contributed by atoms with van der Waals surface area (Å²) >= 11 is 0. The maximum Gasteiger partial charge on any atom is 0.416 e. The average Bonchev–Trinajstić information content (AvgIpc) is 3.09. The topological polar surface area (TPSA) is 65.1 Å². The summed E-state index contributed by atoms with van der Waals surface area (Å²) in [4.78, 5) is 11.5. The van der Waals surface area contributed by atoms with E-state index in [2.05, 4.69) is 25.8 Å². The standard InChI is InChI=1S/C28H32F6N6/c1-3-14-40(15-4-2)25-24-22(37-26(39-25)36-21-11-6-9-19(17-21)28(32,33)34)12-7-13-23(38-24)35-20-10-5-8-18(16-20)27(29,30)31/h5-6,8-11,16-17,23,35,38H,3-4,7,12-15H2,1-2H3,(H,36,37,39). The molecule has 1 aromatic heterocycles. The van der Waals surface area contributed by atoms with Crippen LogP contribution in [0.15, 0.2) is 48.5 Å². The Labute approximate surface area is 229 Å². The number of alkyl halides is 6. The quantitative estimate of drug-likeness (QED) is 0.228. The summed E-state index contributed by atoms with van der Waals surface area (Å²) in [5, 5.41) is 9.53. The van der Waals surface area contributed by atoms with Crippen molar-refractivity contribution in [3.05, 3.63) is 65.4 Å². The molecule has 4 rings (SSSR count). The number of hydrogen-bond acceptors (Lipinski definition) is 6. The van der Waals surface area contributed by atoms with E-state index < -0.39 is 23.5 Å². The van der Waals surface area contributed by atoms with Crippen LogP contribution in [-0.2, 0) is 18.8 Å². The van der Waals surface area contributed by atoms with E-state index in [1.54, 1.807) is 6.07 Å². The third-order valence-corrected chi connectivity index (χ3v) is 6.45. The summed E-state index contributed by atoms with van der Waals surface area (Å²) in [6.07, 6.45) is -5.82. The van der Waals surface area contributed by atoms with Crippen LogP contribution in [0.3, 0.4) is 0 Å². The van der Waals surface area contributed by atoms with Gasteiger partial charge in [-0.1, -0.05) is 26.0 Å². The van der Waals surface area contributed by atoms with Gasteiger partial charge in [-0.15, -0.1) is 0 Å². The largest absolute Gasteiger partial charge is 0.416 e. The molecule has 0 spiro atoms. The van der Waals surface area contributed by atoms with E-state index in [-0.39, 0.29) is 17.8 Å². The van der Waals surface area contributed by atoms with Crippen LogP contribution >= 0.6 is 0 Å². The van der Waals surface area contributed by atoms with E-state index in [0.717, 1.165) is 37.1 Å². The number of fused-ring (bicyclic) bond motifs is 1. The number of nitrogens with one attached hydrogen (secondary N) is 3. The van der Waals surface area contributed by atoms with E-state index in [4.69, 9.17) is 4.98 Å². The molecule has 0 saturated heterocycles. The van der Waals surface area contributed by atoms with E-state index in [1.165, 1.54) is 18.2 Å². The molecule has 2 heterocycles. The average molecular weight is 567 g/mol. The molecule has 1 unspecified atom stereocenters. The smallest absolute Gasteiger partial charge is 0.365 e. The first-order valence-electron chi connectivity index (χ1n) is 13.3. The van der Waals surface area contributed by atoms with Crippen LogP contribution in [0.4, 0.5) is 55.2 Å². The van der Waals surface area contributed by atoms with E-state index in [1.807, 2.05) is 13.8 Å². The van der Waals surface area contributed by atoms with Gasteiger partial charge in [0, 0.05) is 24.5 Å². The number of nitrogens with zero attached hydrogens (tertiary/aromatic N) is 3. The third kappa shape index (κ3) is 7.28. The lowest BCUT2D eigenvalue weighted by molar-refractivity contribution is -0.138. The predicted octanol–water partition coefficient (Wildman–Crippen LogP) is 8.07. The lowest BCUT2D eigenvalue weighted by atomic mass is 10.1. The molecule has 3 aromatic rings. The van der Waals surface area contributed by atoms with Crippen molar-refractivity contribution < 1.29 is 26.3 Å². The van der Waals surface area contributed by atoms with E-state index in [9.17, 15) is 26.3 Å². The maximum absolute atomic E-state index is 13.3. The first-order chi connectivity index (χ1) is 19.0. The van der Waals surface area contributed by atoms with Gasteiger partial charge in [-0.25, -0.2) is 4.98 Å². The molecule has 0 saturated carbocycles. The fraction of sp³-hybridized carbons (Fsp3) is 0.429. The van der Waals surface area contributed by atoms with Crippen molar-refractivity contribution in [2.45, 2.75) is 64.5 Å². The maximum atomic E-state index is 13.3. The van der Waals surface area contributed by atoms with Crippen LogP contribution < -0.4 is 20.9 Å². The summed E-state index contributed by atoms with van der Waals surface area (Å²) in [6, 6.07) is 9.91. The van der Waals surface area contributed by atoms with Crippen molar-refractivity contribution >= 4 is 28.8 Å². The Morgan fingerprint density at radius 3 is 2.08 bits per heavy atom. The SMILES string of the molecule is CCCN(CCC)c1nc(Nc2cccc(C(F)(F)F)c2)nc2c1NC(Nc1cccc(C(F)(F)F)c1)CCC2. The molecule has 3 N–H and O–H groups in total. The summed E-state index contributed by atoms with van der Waals surface area (Å²) in [5.41, 5.74) is 0.377. The second-order valence-corrected chi connectivity index (χ2v) is 9.70. The van der Waals surface area contributed by atoms with E-state index in [0.29, 0.717) is 55.2 Å². The molecule has 1 atom stereocenters. The van der Waals surface area contributed by atoms with Crippen LogP contribution in [0.2, 0.25) is 0 Å². The zero-order chi connectivity index (χ0) is 28.9. The van der Waals surface area contributed by atoms with Gasteiger partial charge in [-0.05, 0) is 68.5 Å². The third-order valence-electron chi connectivity index (χ3n) is 6.45. The normalized spacial score (nSPS) is 15.6. The molecule has 6 nitrogen and oxygen atoms in total. The van der Waals surface area contributed by atoms with Gasteiger partial charge in [0.05, 0.1) is 23.0 Å². The number of rotatable bonds is 9. The Morgan fingerprint density at radius 1 is 0.875 bits per heavy atom. The molecular formula is C28H32F6N6. The molecule has 1 aliphatic rings. The number of benzene rings is 2. The van der Waals surface area contributed by atoms with Gasteiger partial charge in [0.25, 0.3) is 0 Å². The van der Waals surface area contributed by atoms with Gasteiger partial charge in [0.2, 0.25) is 5.95 Å². The van der Waals surface area contributed by atoms with Crippen molar-refractivity contribution in [1.82, 2.24) is 9.97 Å². The number of aryl methyl sites for hydroxylation is 1. The lowest BCUT2D eigenvalue weighted by Crippen LogP contribution is -2.32. The molecule has 0 amide bonds. The monoisotopic (exact) mass is 566 g/mol. The van der Waals surface area contributed by atoms with Crippen LogP contribution in [0.5, 0.6) is 0 Å². The van der Waals surface area contributed by atoms with Crippen molar-refractivity contribution in [3.8, 4) is 0 Å². The van der Waals surface area contributed by atoms with Gasteiger partial charge in [0.15, 0.2) is 5.82 Å². The molecule has 0 bridgehead atoms. The highest BCUT2D eigenvalue weighted by Gasteiger charge is 2.32. The molecule has 0 aliphatic carbocycles. The van der Waals surface area contributed by atoms with Crippen LogP contribution in [0, 0.1) is 0 Å². The minimum Gasteiger partial charge on any atom is -0.365 e. The van der Waals surface area contributed by atoms with Gasteiger partial charge >= 0.3 is 12.4 Å². The zero-order valence-corrected chi connectivity index (χ0v) is 22.3. The molecule has 0 fully saturated rings. The first kappa shape index (κ1) is 29.3. The molecule has 2 aromatic carbocycles. The summed E-state index contributed by atoms with van der Waals surface area (Å²) in [6.45, 7) is 5.45. The summed E-state index contributed by atoms with van der Waals surface area (Å²) in [7, 11) is 0. The summed E-state index contributed by atoms with van der Waals surface area (Å²) < 4.78 is 79.5. The molecule has 40 heavy (non-hydrogen) atoms. The van der Waals surface area contributed by atoms with Gasteiger partial charge in [0.1, 0.15) is 5.69 Å². The van der Waals surface area contributed by atoms with Crippen molar-refractivity contribution in [2.75, 3.05) is 33.9 Å². The minimum atomic E-state index is -4.48. The minimum absolute atomic E-state index is 0.177. The van der Waals surface area contributed by atoms with Gasteiger partial charge < -0.3 is 20.9 Å². The molecule has 216 valence electrons. The lowest BCUT2D eigenvalue weighted by Gasteiger charge is -2.28. The predicted molar refractivity (Wildman–Crippen MR) is 145 cm³/mol. The van der Waals surface area contributed by atoms with Crippen LogP contribution in [0.25, 0.3) is 0 Å². The Kier molecular flexibility index (Phi) is 8.95. The Bertz CT molecular complexity index is 1290. The highest BCUT2D eigenvalue weighted by atomic mass is 19.4.